The van der Waals surface area contributed by atoms with E-state index < -0.39 is 29.4 Å². The molecule has 2 N–H and O–H groups in total. The first-order valence-corrected chi connectivity index (χ1v) is 6.02. The molecule has 1 heterocycles. The second-order valence-corrected chi connectivity index (χ2v) is 4.65. The van der Waals surface area contributed by atoms with Gasteiger partial charge in [0.05, 0.1) is 5.92 Å². The molecule has 2 rings (SSSR count). The van der Waals surface area contributed by atoms with Gasteiger partial charge in [-0.25, -0.2) is 8.78 Å². The molecule has 1 aliphatic rings. The van der Waals surface area contributed by atoms with Gasteiger partial charge in [0.1, 0.15) is 11.6 Å². The third kappa shape index (κ3) is 3.07. The van der Waals surface area contributed by atoms with Gasteiger partial charge in [0.25, 0.3) is 5.91 Å². The highest BCUT2D eigenvalue weighted by Gasteiger charge is 2.27. The van der Waals surface area contributed by atoms with Gasteiger partial charge in [0.2, 0.25) is 5.91 Å². The van der Waals surface area contributed by atoms with Crippen molar-refractivity contribution in [1.29, 1.82) is 0 Å². The molecule has 1 aromatic rings. The zero-order valence-electron chi connectivity index (χ0n) is 10.2. The molecule has 1 saturated heterocycles. The lowest BCUT2D eigenvalue weighted by Crippen LogP contribution is -2.44. The van der Waals surface area contributed by atoms with Crippen LogP contribution in [0.15, 0.2) is 18.2 Å². The molecule has 0 radical (unpaired) electrons. The SMILES string of the molecule is NC(=O)C1CCCN(C(=O)c2cc(F)cc(F)c2)C1. The third-order valence-electron chi connectivity index (χ3n) is 3.22. The Bertz CT molecular complexity index is 499. The zero-order valence-corrected chi connectivity index (χ0v) is 10.2. The Morgan fingerprint density at radius 1 is 1.21 bits per heavy atom. The summed E-state index contributed by atoms with van der Waals surface area (Å²) < 4.78 is 26.2. The summed E-state index contributed by atoms with van der Waals surface area (Å²) >= 11 is 0. The second-order valence-electron chi connectivity index (χ2n) is 4.65. The van der Waals surface area contributed by atoms with Crippen molar-refractivity contribution >= 4 is 11.8 Å². The Kier molecular flexibility index (Phi) is 3.78. The summed E-state index contributed by atoms with van der Waals surface area (Å²) in [6.45, 7) is 0.660. The van der Waals surface area contributed by atoms with E-state index >= 15 is 0 Å². The van der Waals surface area contributed by atoms with E-state index in [-0.39, 0.29) is 12.1 Å². The Labute approximate surface area is 109 Å². The molecular weight excluding hydrogens is 254 g/mol. The van der Waals surface area contributed by atoms with Crippen molar-refractivity contribution in [2.24, 2.45) is 11.7 Å². The minimum atomic E-state index is -0.799. The molecule has 1 aromatic carbocycles. The van der Waals surface area contributed by atoms with E-state index in [4.69, 9.17) is 5.73 Å². The number of benzene rings is 1. The number of piperidine rings is 1. The highest BCUT2D eigenvalue weighted by Crippen LogP contribution is 2.19. The Hall–Kier alpha value is -1.98. The van der Waals surface area contributed by atoms with Crippen LogP contribution in [0.3, 0.4) is 0 Å². The van der Waals surface area contributed by atoms with Crippen LogP contribution in [0.2, 0.25) is 0 Å². The molecule has 102 valence electrons. The van der Waals surface area contributed by atoms with Gasteiger partial charge in [-0.3, -0.25) is 9.59 Å². The van der Waals surface area contributed by atoms with Crippen LogP contribution in [0.5, 0.6) is 0 Å². The summed E-state index contributed by atoms with van der Waals surface area (Å²) in [4.78, 5) is 24.7. The number of carbonyl (C=O) groups excluding carboxylic acids is 2. The number of nitrogens with two attached hydrogens (primary N) is 1. The number of hydrogen-bond donors (Lipinski definition) is 1. The van der Waals surface area contributed by atoms with E-state index in [1.54, 1.807) is 0 Å². The summed E-state index contributed by atoms with van der Waals surface area (Å²) in [7, 11) is 0. The van der Waals surface area contributed by atoms with Crippen molar-refractivity contribution < 1.29 is 18.4 Å². The number of likely N-dealkylation sites (tertiary alicyclic amines) is 1. The van der Waals surface area contributed by atoms with E-state index in [9.17, 15) is 18.4 Å². The lowest BCUT2D eigenvalue weighted by Gasteiger charge is -2.31. The number of halogens is 2. The number of hydrogen-bond acceptors (Lipinski definition) is 2. The van der Waals surface area contributed by atoms with Crippen LogP contribution >= 0.6 is 0 Å². The second kappa shape index (κ2) is 5.34. The van der Waals surface area contributed by atoms with Crippen LogP contribution in [-0.4, -0.2) is 29.8 Å². The number of amides is 2. The molecule has 0 spiro atoms. The quantitative estimate of drug-likeness (QED) is 0.878. The van der Waals surface area contributed by atoms with Crippen molar-refractivity contribution in [3.63, 3.8) is 0 Å². The average molecular weight is 268 g/mol. The lowest BCUT2D eigenvalue weighted by atomic mass is 9.97. The van der Waals surface area contributed by atoms with Crippen LogP contribution < -0.4 is 5.73 Å². The molecular formula is C13H14F2N2O2. The number of nitrogens with zero attached hydrogens (tertiary/aromatic N) is 1. The summed E-state index contributed by atoms with van der Waals surface area (Å²) in [6, 6.07) is 2.68. The van der Waals surface area contributed by atoms with Gasteiger partial charge in [0.15, 0.2) is 0 Å². The number of carbonyl (C=O) groups is 2. The molecule has 0 saturated carbocycles. The Morgan fingerprint density at radius 3 is 2.42 bits per heavy atom. The molecule has 6 heteroatoms. The van der Waals surface area contributed by atoms with Gasteiger partial charge in [-0.1, -0.05) is 0 Å². The first kappa shape index (κ1) is 13.5. The van der Waals surface area contributed by atoms with Crippen molar-refractivity contribution in [2.75, 3.05) is 13.1 Å². The van der Waals surface area contributed by atoms with Gasteiger partial charge >= 0.3 is 0 Å². The van der Waals surface area contributed by atoms with E-state index in [1.807, 2.05) is 0 Å². The molecule has 19 heavy (non-hydrogen) atoms. The molecule has 0 bridgehead atoms. The highest BCUT2D eigenvalue weighted by atomic mass is 19.1. The molecule has 1 fully saturated rings. The number of primary amides is 1. The van der Waals surface area contributed by atoms with E-state index in [2.05, 4.69) is 0 Å². The molecule has 4 nitrogen and oxygen atoms in total. The zero-order chi connectivity index (χ0) is 14.0. The Balaban J connectivity index is 2.16. The maximum Gasteiger partial charge on any atom is 0.254 e. The topological polar surface area (TPSA) is 63.4 Å². The smallest absolute Gasteiger partial charge is 0.254 e. The summed E-state index contributed by atoms with van der Waals surface area (Å²) in [6.07, 6.45) is 1.29. The maximum absolute atomic E-state index is 13.1. The fraction of sp³-hybridized carbons (Fsp3) is 0.385. The number of rotatable bonds is 2. The van der Waals surface area contributed by atoms with Crippen molar-refractivity contribution in [3.8, 4) is 0 Å². The van der Waals surface area contributed by atoms with Crippen LogP contribution in [0.25, 0.3) is 0 Å². The molecule has 2 amide bonds. The molecule has 1 atom stereocenters. The summed E-state index contributed by atoms with van der Waals surface area (Å²) in [5, 5.41) is 0. The fourth-order valence-corrected chi connectivity index (χ4v) is 2.25. The van der Waals surface area contributed by atoms with E-state index in [0.29, 0.717) is 25.5 Å². The fourth-order valence-electron chi connectivity index (χ4n) is 2.25. The van der Waals surface area contributed by atoms with Crippen molar-refractivity contribution in [3.05, 3.63) is 35.4 Å². The van der Waals surface area contributed by atoms with Crippen LogP contribution in [0, 0.1) is 17.6 Å². The molecule has 1 unspecified atom stereocenters. The predicted molar refractivity (Wildman–Crippen MR) is 64.2 cm³/mol. The maximum atomic E-state index is 13.1. The Morgan fingerprint density at radius 2 is 1.84 bits per heavy atom. The molecule has 0 aliphatic carbocycles. The van der Waals surface area contributed by atoms with Crippen LogP contribution in [-0.2, 0) is 4.79 Å². The van der Waals surface area contributed by atoms with E-state index in [1.165, 1.54) is 4.90 Å². The van der Waals surface area contributed by atoms with Crippen LogP contribution in [0.4, 0.5) is 8.78 Å². The van der Waals surface area contributed by atoms with Crippen molar-refractivity contribution in [1.82, 2.24) is 4.90 Å². The third-order valence-corrected chi connectivity index (χ3v) is 3.22. The predicted octanol–water partition coefficient (Wildman–Crippen LogP) is 1.30. The monoisotopic (exact) mass is 268 g/mol. The lowest BCUT2D eigenvalue weighted by molar-refractivity contribution is -0.123. The van der Waals surface area contributed by atoms with Gasteiger partial charge in [-0.15, -0.1) is 0 Å². The van der Waals surface area contributed by atoms with Gasteiger partial charge in [-0.05, 0) is 25.0 Å². The minimum Gasteiger partial charge on any atom is -0.369 e. The highest BCUT2D eigenvalue weighted by molar-refractivity contribution is 5.94. The summed E-state index contributed by atoms with van der Waals surface area (Å²) in [5.41, 5.74) is 5.17. The van der Waals surface area contributed by atoms with Gasteiger partial charge in [0, 0.05) is 24.7 Å². The van der Waals surface area contributed by atoms with Crippen molar-refractivity contribution in [2.45, 2.75) is 12.8 Å². The minimum absolute atomic E-state index is 0.0531. The average Bonchev–Trinajstić information content (AvgIpc) is 2.37. The van der Waals surface area contributed by atoms with Crippen LogP contribution in [0.1, 0.15) is 23.2 Å². The standard InChI is InChI=1S/C13H14F2N2O2/c14-10-4-9(5-11(15)6-10)13(19)17-3-1-2-8(7-17)12(16)18/h4-6,8H,1-3,7H2,(H2,16,18). The first-order valence-electron chi connectivity index (χ1n) is 6.02. The summed E-state index contributed by atoms with van der Waals surface area (Å²) in [5.74, 6) is -2.93. The molecule has 0 aromatic heterocycles. The van der Waals surface area contributed by atoms with E-state index in [0.717, 1.165) is 12.1 Å². The van der Waals surface area contributed by atoms with Gasteiger partial charge in [-0.2, -0.15) is 0 Å². The van der Waals surface area contributed by atoms with Gasteiger partial charge < -0.3 is 10.6 Å². The normalized spacial score (nSPS) is 19.3. The largest absolute Gasteiger partial charge is 0.369 e. The first-order chi connectivity index (χ1) is 8.97. The molecule has 1 aliphatic heterocycles.